The zero-order chi connectivity index (χ0) is 9.52. The number of rotatable bonds is 6. The van der Waals surface area contributed by atoms with Gasteiger partial charge in [-0.2, -0.15) is 0 Å². The van der Waals surface area contributed by atoms with Crippen LogP contribution in [0.15, 0.2) is 11.6 Å². The Hall–Kier alpha value is -0.740. The summed E-state index contributed by atoms with van der Waals surface area (Å²) in [5.41, 5.74) is 5.34. The average molecular weight is 198 g/mol. The zero-order valence-electron chi connectivity index (χ0n) is 7.53. The number of thiazole rings is 1. The Morgan fingerprint density at radius 3 is 2.92 bits per heavy atom. The summed E-state index contributed by atoms with van der Waals surface area (Å²) < 4.78 is 0. The Balaban J connectivity index is 2.19. The van der Waals surface area contributed by atoms with Crippen LogP contribution in [0.2, 0.25) is 0 Å². The highest BCUT2D eigenvalue weighted by atomic mass is 32.1. The number of hydrogen-bond acceptors (Lipinski definition) is 4. The maximum atomic E-state index is 11.4. The number of nitrogens with two attached hydrogens (primary N) is 1. The summed E-state index contributed by atoms with van der Waals surface area (Å²) in [5, 5.41) is 2.46. The highest BCUT2D eigenvalue weighted by Crippen LogP contribution is 2.10. The topological polar surface area (TPSA) is 56.0 Å². The molecule has 0 radical (unpaired) electrons. The van der Waals surface area contributed by atoms with E-state index in [2.05, 4.69) is 4.98 Å². The molecule has 0 atom stereocenters. The molecular formula is C9H14N2OS. The lowest BCUT2D eigenvalue weighted by Gasteiger charge is -1.96. The SMILES string of the molecule is NCCCCCC(=O)c1nccs1. The largest absolute Gasteiger partial charge is 0.330 e. The third kappa shape index (κ3) is 3.65. The Kier molecular flexibility index (Phi) is 4.64. The molecule has 0 saturated carbocycles. The molecule has 0 unspecified atom stereocenters. The smallest absolute Gasteiger partial charge is 0.191 e. The number of nitrogens with zero attached hydrogens (tertiary/aromatic N) is 1. The predicted octanol–water partition coefficient (Wildman–Crippen LogP) is 1.84. The number of aromatic nitrogens is 1. The summed E-state index contributed by atoms with van der Waals surface area (Å²) >= 11 is 1.41. The van der Waals surface area contributed by atoms with E-state index in [1.165, 1.54) is 11.3 Å². The number of carbonyl (C=O) groups excluding carboxylic acids is 1. The number of carbonyl (C=O) groups is 1. The normalized spacial score (nSPS) is 10.2. The first-order valence-corrected chi connectivity index (χ1v) is 5.35. The molecular weight excluding hydrogens is 184 g/mol. The molecule has 3 nitrogen and oxygen atoms in total. The Morgan fingerprint density at radius 1 is 1.46 bits per heavy atom. The van der Waals surface area contributed by atoms with E-state index in [0.29, 0.717) is 18.0 Å². The Morgan fingerprint density at radius 2 is 2.31 bits per heavy atom. The van der Waals surface area contributed by atoms with Crippen molar-refractivity contribution in [1.82, 2.24) is 4.98 Å². The minimum absolute atomic E-state index is 0.159. The first-order chi connectivity index (χ1) is 6.34. The quantitative estimate of drug-likeness (QED) is 0.560. The molecule has 0 bridgehead atoms. The van der Waals surface area contributed by atoms with Crippen molar-refractivity contribution >= 4 is 17.1 Å². The second kappa shape index (κ2) is 5.83. The van der Waals surface area contributed by atoms with E-state index in [4.69, 9.17) is 5.73 Å². The van der Waals surface area contributed by atoms with E-state index < -0.39 is 0 Å². The fraction of sp³-hybridized carbons (Fsp3) is 0.556. The maximum Gasteiger partial charge on any atom is 0.191 e. The van der Waals surface area contributed by atoms with Crippen LogP contribution in [0.25, 0.3) is 0 Å². The highest BCUT2D eigenvalue weighted by Gasteiger charge is 2.06. The van der Waals surface area contributed by atoms with E-state index in [1.807, 2.05) is 5.38 Å². The number of hydrogen-bond donors (Lipinski definition) is 1. The molecule has 13 heavy (non-hydrogen) atoms. The van der Waals surface area contributed by atoms with Crippen LogP contribution < -0.4 is 5.73 Å². The van der Waals surface area contributed by atoms with Gasteiger partial charge in [0.05, 0.1) is 0 Å². The first kappa shape index (κ1) is 10.3. The van der Waals surface area contributed by atoms with Crippen molar-refractivity contribution in [3.8, 4) is 0 Å². The highest BCUT2D eigenvalue weighted by molar-refractivity contribution is 7.11. The van der Waals surface area contributed by atoms with E-state index >= 15 is 0 Å². The van der Waals surface area contributed by atoms with Crippen LogP contribution in [0.5, 0.6) is 0 Å². The van der Waals surface area contributed by atoms with Gasteiger partial charge in [-0.15, -0.1) is 11.3 Å². The molecule has 0 amide bonds. The van der Waals surface area contributed by atoms with Gasteiger partial charge in [0.2, 0.25) is 0 Å². The lowest BCUT2D eigenvalue weighted by Crippen LogP contribution is -2.00. The molecule has 72 valence electrons. The van der Waals surface area contributed by atoms with Gasteiger partial charge in [-0.25, -0.2) is 4.98 Å². The second-order valence-corrected chi connectivity index (χ2v) is 3.75. The molecule has 0 fully saturated rings. The molecule has 0 aromatic carbocycles. The van der Waals surface area contributed by atoms with Crippen LogP contribution in [-0.2, 0) is 0 Å². The molecule has 1 heterocycles. The van der Waals surface area contributed by atoms with Gasteiger partial charge in [0, 0.05) is 18.0 Å². The van der Waals surface area contributed by atoms with Crippen molar-refractivity contribution in [2.24, 2.45) is 5.73 Å². The van der Waals surface area contributed by atoms with Gasteiger partial charge >= 0.3 is 0 Å². The van der Waals surface area contributed by atoms with Crippen LogP contribution in [0.3, 0.4) is 0 Å². The van der Waals surface area contributed by atoms with E-state index in [1.54, 1.807) is 6.20 Å². The molecule has 1 rings (SSSR count). The van der Waals surface area contributed by atoms with Gasteiger partial charge in [0.1, 0.15) is 0 Å². The van der Waals surface area contributed by atoms with Crippen LogP contribution in [0, 0.1) is 0 Å². The van der Waals surface area contributed by atoms with Gasteiger partial charge in [-0.05, 0) is 19.4 Å². The molecule has 0 spiro atoms. The summed E-state index contributed by atoms with van der Waals surface area (Å²) in [7, 11) is 0. The van der Waals surface area contributed by atoms with Crippen molar-refractivity contribution in [2.45, 2.75) is 25.7 Å². The average Bonchev–Trinajstić information content (AvgIpc) is 2.65. The summed E-state index contributed by atoms with van der Waals surface area (Å²) in [6.45, 7) is 0.714. The van der Waals surface area contributed by atoms with Crippen LogP contribution in [0.1, 0.15) is 35.5 Å². The first-order valence-electron chi connectivity index (χ1n) is 4.47. The number of Topliss-reactive ketones (excluding diaryl/α,β-unsaturated/α-hetero) is 1. The van der Waals surface area contributed by atoms with Crippen molar-refractivity contribution in [2.75, 3.05) is 6.54 Å². The third-order valence-electron chi connectivity index (χ3n) is 1.78. The summed E-state index contributed by atoms with van der Waals surface area (Å²) in [4.78, 5) is 15.3. The van der Waals surface area contributed by atoms with Gasteiger partial charge < -0.3 is 5.73 Å². The van der Waals surface area contributed by atoms with Gasteiger partial charge in [-0.1, -0.05) is 6.42 Å². The summed E-state index contributed by atoms with van der Waals surface area (Å²) in [6, 6.07) is 0. The maximum absolute atomic E-state index is 11.4. The zero-order valence-corrected chi connectivity index (χ0v) is 8.35. The standard InChI is InChI=1S/C9H14N2OS/c10-5-3-1-2-4-8(12)9-11-6-7-13-9/h6-7H,1-5,10H2. The monoisotopic (exact) mass is 198 g/mol. The van der Waals surface area contributed by atoms with E-state index in [9.17, 15) is 4.79 Å². The molecule has 0 aliphatic heterocycles. The Bertz CT molecular complexity index is 246. The lowest BCUT2D eigenvalue weighted by atomic mass is 10.1. The number of ketones is 1. The predicted molar refractivity (Wildman–Crippen MR) is 54.0 cm³/mol. The molecule has 0 aliphatic carbocycles. The van der Waals surface area contributed by atoms with Gasteiger partial charge in [0.15, 0.2) is 10.8 Å². The molecule has 0 saturated heterocycles. The van der Waals surface area contributed by atoms with Crippen molar-refractivity contribution in [3.05, 3.63) is 16.6 Å². The van der Waals surface area contributed by atoms with Gasteiger partial charge in [-0.3, -0.25) is 4.79 Å². The van der Waals surface area contributed by atoms with Crippen LogP contribution in [-0.4, -0.2) is 17.3 Å². The van der Waals surface area contributed by atoms with Crippen molar-refractivity contribution in [3.63, 3.8) is 0 Å². The van der Waals surface area contributed by atoms with Crippen LogP contribution >= 0.6 is 11.3 Å². The third-order valence-corrected chi connectivity index (χ3v) is 2.59. The molecule has 2 N–H and O–H groups in total. The van der Waals surface area contributed by atoms with E-state index in [0.717, 1.165) is 19.3 Å². The fourth-order valence-electron chi connectivity index (χ4n) is 1.07. The second-order valence-electron chi connectivity index (χ2n) is 2.86. The van der Waals surface area contributed by atoms with Crippen molar-refractivity contribution in [1.29, 1.82) is 0 Å². The summed E-state index contributed by atoms with van der Waals surface area (Å²) in [6.07, 6.45) is 5.24. The molecule has 1 aromatic rings. The van der Waals surface area contributed by atoms with E-state index in [-0.39, 0.29) is 5.78 Å². The number of unbranched alkanes of at least 4 members (excludes halogenated alkanes) is 2. The minimum Gasteiger partial charge on any atom is -0.330 e. The summed E-state index contributed by atoms with van der Waals surface area (Å²) in [5.74, 6) is 0.159. The fourth-order valence-corrected chi connectivity index (χ4v) is 1.68. The lowest BCUT2D eigenvalue weighted by molar-refractivity contribution is 0.0979. The molecule has 0 aliphatic rings. The van der Waals surface area contributed by atoms with Crippen LogP contribution in [0.4, 0.5) is 0 Å². The van der Waals surface area contributed by atoms with Gasteiger partial charge in [0.25, 0.3) is 0 Å². The molecule has 4 heteroatoms. The Labute approximate surface area is 82.0 Å². The minimum atomic E-state index is 0.159. The van der Waals surface area contributed by atoms with Crippen molar-refractivity contribution < 1.29 is 4.79 Å². The molecule has 1 aromatic heterocycles.